The van der Waals surface area contributed by atoms with Crippen molar-refractivity contribution in [1.29, 1.82) is 0 Å². The lowest BCUT2D eigenvalue weighted by Crippen LogP contribution is -2.08. The molecule has 1 rings (SSSR count). The molecule has 0 spiro atoms. The molecule has 106 valence electrons. The zero-order valence-corrected chi connectivity index (χ0v) is 12.6. The van der Waals surface area contributed by atoms with Crippen molar-refractivity contribution in [1.82, 2.24) is 0 Å². The number of rotatable bonds is 7. The highest BCUT2D eigenvalue weighted by Crippen LogP contribution is 2.27. The molecule has 0 bridgehead atoms. The molecule has 4 heteroatoms. The number of unbranched alkanes of at least 4 members (excludes halogenated alkanes) is 1. The van der Waals surface area contributed by atoms with Gasteiger partial charge in [0, 0.05) is 30.2 Å². The molecule has 1 aromatic rings. The third-order valence-electron chi connectivity index (χ3n) is 2.86. The van der Waals surface area contributed by atoms with Crippen LogP contribution >= 0.6 is 11.6 Å². The molecule has 19 heavy (non-hydrogen) atoms. The van der Waals surface area contributed by atoms with Crippen molar-refractivity contribution in [2.24, 2.45) is 0 Å². The minimum Gasteiger partial charge on any atom is -0.381 e. The van der Waals surface area contributed by atoms with Gasteiger partial charge in [0.15, 0.2) is 0 Å². The molecule has 1 unspecified atom stereocenters. The summed E-state index contributed by atoms with van der Waals surface area (Å²) in [7, 11) is 0. The maximum absolute atomic E-state index is 11.0. The number of halogens is 1. The van der Waals surface area contributed by atoms with Crippen LogP contribution < -0.4 is 5.32 Å². The van der Waals surface area contributed by atoms with E-state index in [1.807, 2.05) is 12.1 Å². The number of ether oxygens (including phenoxy) is 1. The van der Waals surface area contributed by atoms with Crippen molar-refractivity contribution in [3.8, 4) is 0 Å². The van der Waals surface area contributed by atoms with Crippen LogP contribution in [0.2, 0.25) is 5.02 Å². The van der Waals surface area contributed by atoms with Gasteiger partial charge in [-0.15, -0.1) is 0 Å². The molecular formula is C15H22ClNO2. The van der Waals surface area contributed by atoms with Crippen molar-refractivity contribution in [3.63, 3.8) is 0 Å². The van der Waals surface area contributed by atoms with E-state index < -0.39 is 0 Å². The number of amides is 1. The molecule has 0 heterocycles. The Morgan fingerprint density at radius 1 is 1.47 bits per heavy atom. The third kappa shape index (κ3) is 5.62. The maximum Gasteiger partial charge on any atom is 0.221 e. The van der Waals surface area contributed by atoms with Gasteiger partial charge in [-0.2, -0.15) is 0 Å². The molecule has 0 saturated carbocycles. The first-order valence-electron chi connectivity index (χ1n) is 6.69. The first-order chi connectivity index (χ1) is 9.04. The second kappa shape index (κ2) is 8.18. The number of hydrogen-bond acceptors (Lipinski definition) is 2. The van der Waals surface area contributed by atoms with Crippen molar-refractivity contribution in [3.05, 3.63) is 28.8 Å². The van der Waals surface area contributed by atoms with E-state index in [1.165, 1.54) is 6.92 Å². The molecule has 1 N–H and O–H groups in total. The molecule has 0 fully saturated rings. The third-order valence-corrected chi connectivity index (χ3v) is 3.19. The van der Waals surface area contributed by atoms with Crippen LogP contribution in [-0.4, -0.2) is 19.1 Å². The summed E-state index contributed by atoms with van der Waals surface area (Å²) in [5.41, 5.74) is 1.77. The van der Waals surface area contributed by atoms with E-state index in [1.54, 1.807) is 6.07 Å². The van der Waals surface area contributed by atoms with Gasteiger partial charge in [0.05, 0.1) is 6.61 Å². The maximum atomic E-state index is 11.0. The van der Waals surface area contributed by atoms with Crippen LogP contribution in [0, 0.1) is 0 Å². The SMILES string of the molecule is CCCCOCC(C)c1ccc(NC(C)=O)cc1Cl. The minimum absolute atomic E-state index is 0.0974. The predicted octanol–water partition coefficient (Wildman–Crippen LogP) is 4.22. The highest BCUT2D eigenvalue weighted by molar-refractivity contribution is 6.31. The lowest BCUT2D eigenvalue weighted by molar-refractivity contribution is -0.114. The van der Waals surface area contributed by atoms with Crippen LogP contribution in [-0.2, 0) is 9.53 Å². The molecule has 0 aliphatic rings. The van der Waals surface area contributed by atoms with E-state index >= 15 is 0 Å². The van der Waals surface area contributed by atoms with Crippen LogP contribution in [0.1, 0.15) is 45.1 Å². The molecule has 3 nitrogen and oxygen atoms in total. The fourth-order valence-corrected chi connectivity index (χ4v) is 2.17. The predicted molar refractivity (Wildman–Crippen MR) is 79.9 cm³/mol. The molecule has 0 aliphatic carbocycles. The Hall–Kier alpha value is -1.06. The van der Waals surface area contributed by atoms with E-state index in [0.717, 1.165) is 30.7 Å². The minimum atomic E-state index is -0.0974. The van der Waals surface area contributed by atoms with Crippen molar-refractivity contribution in [2.75, 3.05) is 18.5 Å². The fourth-order valence-electron chi connectivity index (χ4n) is 1.80. The van der Waals surface area contributed by atoms with Gasteiger partial charge < -0.3 is 10.1 Å². The molecule has 1 amide bonds. The summed E-state index contributed by atoms with van der Waals surface area (Å²) in [6.07, 6.45) is 2.22. The average molecular weight is 284 g/mol. The van der Waals surface area contributed by atoms with Crippen LogP contribution in [0.4, 0.5) is 5.69 Å². The van der Waals surface area contributed by atoms with Crippen molar-refractivity contribution in [2.45, 2.75) is 39.5 Å². The zero-order valence-electron chi connectivity index (χ0n) is 11.8. The average Bonchev–Trinajstić information content (AvgIpc) is 2.33. The number of carbonyl (C=O) groups is 1. The van der Waals surface area contributed by atoms with Gasteiger partial charge in [-0.05, 0) is 24.1 Å². The van der Waals surface area contributed by atoms with E-state index in [4.69, 9.17) is 16.3 Å². The van der Waals surface area contributed by atoms with Crippen LogP contribution in [0.15, 0.2) is 18.2 Å². The topological polar surface area (TPSA) is 38.3 Å². The van der Waals surface area contributed by atoms with E-state index in [2.05, 4.69) is 19.2 Å². The highest BCUT2D eigenvalue weighted by Gasteiger charge is 2.11. The van der Waals surface area contributed by atoms with Crippen LogP contribution in [0.25, 0.3) is 0 Å². The Kier molecular flexibility index (Phi) is 6.89. The summed E-state index contributed by atoms with van der Waals surface area (Å²) >= 11 is 6.24. The molecule has 0 saturated heterocycles. The number of hydrogen-bond donors (Lipinski definition) is 1. The van der Waals surface area contributed by atoms with E-state index in [-0.39, 0.29) is 11.8 Å². The largest absolute Gasteiger partial charge is 0.381 e. The molecular weight excluding hydrogens is 262 g/mol. The Bertz CT molecular complexity index is 421. The number of nitrogens with one attached hydrogen (secondary N) is 1. The van der Waals surface area contributed by atoms with Crippen LogP contribution in [0.3, 0.4) is 0 Å². The van der Waals surface area contributed by atoms with Gasteiger partial charge in [0.1, 0.15) is 0 Å². The van der Waals surface area contributed by atoms with E-state index in [0.29, 0.717) is 11.6 Å². The van der Waals surface area contributed by atoms with Crippen molar-refractivity contribution < 1.29 is 9.53 Å². The van der Waals surface area contributed by atoms with Gasteiger partial charge in [-0.3, -0.25) is 4.79 Å². The lowest BCUT2D eigenvalue weighted by Gasteiger charge is -2.15. The summed E-state index contributed by atoms with van der Waals surface area (Å²) in [6, 6.07) is 5.59. The van der Waals surface area contributed by atoms with Gasteiger partial charge in [-0.25, -0.2) is 0 Å². The summed E-state index contributed by atoms with van der Waals surface area (Å²) < 4.78 is 5.61. The monoisotopic (exact) mass is 283 g/mol. The number of benzene rings is 1. The number of carbonyl (C=O) groups excluding carboxylic acids is 1. The summed E-state index contributed by atoms with van der Waals surface area (Å²) in [6.45, 7) is 7.17. The molecule has 0 radical (unpaired) electrons. The highest BCUT2D eigenvalue weighted by atomic mass is 35.5. The first-order valence-corrected chi connectivity index (χ1v) is 7.07. The summed E-state index contributed by atoms with van der Waals surface area (Å²) in [5.74, 6) is 0.149. The van der Waals surface area contributed by atoms with Gasteiger partial charge in [-0.1, -0.05) is 37.9 Å². The first kappa shape index (κ1) is 16.0. The summed E-state index contributed by atoms with van der Waals surface area (Å²) in [5, 5.41) is 3.38. The molecule has 1 atom stereocenters. The van der Waals surface area contributed by atoms with E-state index in [9.17, 15) is 4.79 Å². The lowest BCUT2D eigenvalue weighted by atomic mass is 10.0. The quantitative estimate of drug-likeness (QED) is 0.761. The smallest absolute Gasteiger partial charge is 0.221 e. The fraction of sp³-hybridized carbons (Fsp3) is 0.533. The molecule has 0 aromatic heterocycles. The number of anilines is 1. The second-order valence-electron chi connectivity index (χ2n) is 4.75. The van der Waals surface area contributed by atoms with Crippen molar-refractivity contribution >= 4 is 23.2 Å². The molecule has 0 aliphatic heterocycles. The summed E-state index contributed by atoms with van der Waals surface area (Å²) in [4.78, 5) is 11.0. The Morgan fingerprint density at radius 3 is 2.79 bits per heavy atom. The van der Waals surface area contributed by atoms with Crippen LogP contribution in [0.5, 0.6) is 0 Å². The second-order valence-corrected chi connectivity index (χ2v) is 5.15. The Balaban J connectivity index is 2.60. The van der Waals surface area contributed by atoms with Gasteiger partial charge >= 0.3 is 0 Å². The zero-order chi connectivity index (χ0) is 14.3. The molecule has 1 aromatic carbocycles. The normalized spacial score (nSPS) is 12.2. The Morgan fingerprint density at radius 2 is 2.21 bits per heavy atom. The van der Waals surface area contributed by atoms with Gasteiger partial charge in [0.2, 0.25) is 5.91 Å². The van der Waals surface area contributed by atoms with Gasteiger partial charge in [0.25, 0.3) is 0 Å². The Labute approximate surface area is 120 Å². The standard InChI is InChI=1S/C15H22ClNO2/c1-4-5-8-19-10-11(2)14-7-6-13(9-15(14)16)17-12(3)18/h6-7,9,11H,4-5,8,10H2,1-3H3,(H,17,18).